The van der Waals surface area contributed by atoms with E-state index in [4.69, 9.17) is 0 Å². The topological polar surface area (TPSA) is 34.1 Å². The van der Waals surface area contributed by atoms with Gasteiger partial charge in [0, 0.05) is 24.7 Å². The average molecular weight is 180 g/mol. The van der Waals surface area contributed by atoms with Crippen LogP contribution in [0.25, 0.3) is 0 Å². The van der Waals surface area contributed by atoms with Crippen molar-refractivity contribution in [2.45, 2.75) is 51.4 Å². The van der Waals surface area contributed by atoms with Gasteiger partial charge in [-0.1, -0.05) is 6.42 Å². The Kier molecular flexibility index (Phi) is 2.22. The molecule has 2 fully saturated rings. The van der Waals surface area contributed by atoms with E-state index >= 15 is 0 Å². The van der Waals surface area contributed by atoms with Gasteiger partial charge < -0.3 is 0 Å². The first-order valence-corrected chi connectivity index (χ1v) is 5.28. The number of hydrogen-bond acceptors (Lipinski definition) is 2. The van der Waals surface area contributed by atoms with Gasteiger partial charge in [0.1, 0.15) is 11.6 Å². The maximum Gasteiger partial charge on any atom is 0.139 e. The van der Waals surface area contributed by atoms with E-state index in [-0.39, 0.29) is 5.41 Å². The molecule has 2 aliphatic rings. The maximum atomic E-state index is 11.8. The smallest absolute Gasteiger partial charge is 0.139 e. The van der Waals surface area contributed by atoms with E-state index in [9.17, 15) is 9.59 Å². The second kappa shape index (κ2) is 3.24. The molecule has 2 saturated carbocycles. The van der Waals surface area contributed by atoms with E-state index in [1.165, 1.54) is 0 Å². The summed E-state index contributed by atoms with van der Waals surface area (Å²) in [6, 6.07) is 0. The molecule has 13 heavy (non-hydrogen) atoms. The minimum atomic E-state index is -0.201. The molecule has 0 amide bonds. The highest BCUT2D eigenvalue weighted by molar-refractivity contribution is 5.92. The lowest BCUT2D eigenvalue weighted by atomic mass is 9.64. The summed E-state index contributed by atoms with van der Waals surface area (Å²) in [7, 11) is 0. The van der Waals surface area contributed by atoms with E-state index in [1.807, 2.05) is 0 Å². The van der Waals surface area contributed by atoms with E-state index in [1.54, 1.807) is 0 Å². The minimum absolute atomic E-state index is 0.201. The van der Waals surface area contributed by atoms with E-state index < -0.39 is 0 Å². The van der Waals surface area contributed by atoms with Gasteiger partial charge in [0.05, 0.1) is 0 Å². The molecule has 0 aromatic rings. The van der Waals surface area contributed by atoms with E-state index in [0.717, 1.165) is 32.1 Å². The van der Waals surface area contributed by atoms with Gasteiger partial charge in [0.25, 0.3) is 0 Å². The van der Waals surface area contributed by atoms with Crippen LogP contribution < -0.4 is 0 Å². The maximum absolute atomic E-state index is 11.8. The van der Waals surface area contributed by atoms with Crippen LogP contribution in [0.2, 0.25) is 0 Å². The molecule has 2 rings (SSSR count). The molecule has 2 nitrogen and oxygen atoms in total. The normalized spacial score (nSPS) is 35.4. The Morgan fingerprint density at radius 2 is 1.69 bits per heavy atom. The minimum Gasteiger partial charge on any atom is -0.300 e. The van der Waals surface area contributed by atoms with Crippen molar-refractivity contribution in [2.24, 2.45) is 5.41 Å². The fraction of sp³-hybridized carbons (Fsp3) is 0.818. The largest absolute Gasteiger partial charge is 0.300 e. The molecule has 0 aromatic carbocycles. The number of rotatable bonds is 0. The van der Waals surface area contributed by atoms with Gasteiger partial charge in [-0.05, 0) is 25.7 Å². The summed E-state index contributed by atoms with van der Waals surface area (Å²) < 4.78 is 0. The fourth-order valence-corrected chi connectivity index (χ4v) is 2.78. The van der Waals surface area contributed by atoms with Crippen molar-refractivity contribution in [1.82, 2.24) is 0 Å². The average Bonchev–Trinajstić information content (AvgIpc) is 2.11. The van der Waals surface area contributed by atoms with Crippen molar-refractivity contribution in [3.63, 3.8) is 0 Å². The highest BCUT2D eigenvalue weighted by Crippen LogP contribution is 2.43. The summed E-state index contributed by atoms with van der Waals surface area (Å²) in [6.07, 6.45) is 7.02. The zero-order valence-electron chi connectivity index (χ0n) is 7.97. The molecule has 0 heterocycles. The zero-order chi connectivity index (χ0) is 9.31. The first-order chi connectivity index (χ1) is 6.23. The Hall–Kier alpha value is -0.660. The SMILES string of the molecule is O=C1CCC[C@]2(CCCCC2=O)C1. The van der Waals surface area contributed by atoms with E-state index in [2.05, 4.69) is 0 Å². The van der Waals surface area contributed by atoms with Crippen molar-refractivity contribution < 1.29 is 9.59 Å². The Morgan fingerprint density at radius 1 is 0.923 bits per heavy atom. The molecular formula is C11H16O2. The summed E-state index contributed by atoms with van der Waals surface area (Å²) in [5.74, 6) is 0.674. The zero-order valence-corrected chi connectivity index (χ0v) is 7.97. The molecular weight excluding hydrogens is 164 g/mol. The van der Waals surface area contributed by atoms with Crippen LogP contribution in [0.1, 0.15) is 51.4 Å². The van der Waals surface area contributed by atoms with Gasteiger partial charge in [0.2, 0.25) is 0 Å². The highest BCUT2D eigenvalue weighted by Gasteiger charge is 2.42. The van der Waals surface area contributed by atoms with Crippen molar-refractivity contribution >= 4 is 11.6 Å². The monoisotopic (exact) mass is 180 g/mol. The molecule has 0 radical (unpaired) electrons. The molecule has 2 aliphatic carbocycles. The summed E-state index contributed by atoms with van der Waals surface area (Å²) in [6.45, 7) is 0. The highest BCUT2D eigenvalue weighted by atomic mass is 16.1. The Morgan fingerprint density at radius 3 is 2.38 bits per heavy atom. The second-order valence-electron chi connectivity index (χ2n) is 4.48. The number of carbonyl (C=O) groups is 2. The van der Waals surface area contributed by atoms with Crippen LogP contribution in [0.5, 0.6) is 0 Å². The van der Waals surface area contributed by atoms with Crippen molar-refractivity contribution in [1.29, 1.82) is 0 Å². The molecule has 72 valence electrons. The number of Topliss-reactive ketones (excluding diaryl/α,β-unsaturated/α-hetero) is 2. The first kappa shape index (κ1) is 8.92. The molecule has 0 saturated heterocycles. The third-order valence-electron chi connectivity index (χ3n) is 3.55. The van der Waals surface area contributed by atoms with Crippen LogP contribution in [0.4, 0.5) is 0 Å². The quantitative estimate of drug-likeness (QED) is 0.573. The summed E-state index contributed by atoms with van der Waals surface area (Å²) in [5, 5.41) is 0. The Balaban J connectivity index is 2.16. The van der Waals surface area contributed by atoms with Gasteiger partial charge >= 0.3 is 0 Å². The lowest BCUT2D eigenvalue weighted by Gasteiger charge is -2.37. The van der Waals surface area contributed by atoms with Crippen LogP contribution in [0.15, 0.2) is 0 Å². The van der Waals surface area contributed by atoms with Gasteiger partial charge in [-0.15, -0.1) is 0 Å². The summed E-state index contributed by atoms with van der Waals surface area (Å²) in [5.41, 5.74) is -0.201. The molecule has 0 aliphatic heterocycles. The number of carbonyl (C=O) groups excluding carboxylic acids is 2. The third kappa shape index (κ3) is 1.54. The van der Waals surface area contributed by atoms with Crippen LogP contribution in [-0.2, 0) is 9.59 Å². The van der Waals surface area contributed by atoms with Gasteiger partial charge in [-0.2, -0.15) is 0 Å². The fourth-order valence-electron chi connectivity index (χ4n) is 2.78. The van der Waals surface area contributed by atoms with Gasteiger partial charge in [-0.3, -0.25) is 9.59 Å². The van der Waals surface area contributed by atoms with Crippen molar-refractivity contribution in [3.05, 3.63) is 0 Å². The first-order valence-electron chi connectivity index (χ1n) is 5.28. The van der Waals surface area contributed by atoms with E-state index in [0.29, 0.717) is 30.8 Å². The van der Waals surface area contributed by atoms with Gasteiger partial charge in [0.15, 0.2) is 0 Å². The molecule has 1 atom stereocenters. The third-order valence-corrected chi connectivity index (χ3v) is 3.55. The lowest BCUT2D eigenvalue weighted by molar-refractivity contribution is -0.139. The summed E-state index contributed by atoms with van der Waals surface area (Å²) in [4.78, 5) is 23.1. The molecule has 0 unspecified atom stereocenters. The number of ketones is 2. The predicted molar refractivity (Wildman–Crippen MR) is 49.4 cm³/mol. The molecule has 0 aromatic heterocycles. The molecule has 0 bridgehead atoms. The predicted octanol–water partition coefficient (Wildman–Crippen LogP) is 2.26. The van der Waals surface area contributed by atoms with Crippen LogP contribution >= 0.6 is 0 Å². The van der Waals surface area contributed by atoms with Crippen LogP contribution in [-0.4, -0.2) is 11.6 Å². The van der Waals surface area contributed by atoms with Crippen LogP contribution in [0.3, 0.4) is 0 Å². The van der Waals surface area contributed by atoms with Crippen LogP contribution in [0, 0.1) is 5.41 Å². The standard InChI is InChI=1S/C11H16O2/c12-9-4-3-7-11(8-9)6-2-1-5-10(11)13/h1-8H2/t11-/m1/s1. The Labute approximate surface area is 78.7 Å². The van der Waals surface area contributed by atoms with Crippen molar-refractivity contribution in [3.8, 4) is 0 Å². The van der Waals surface area contributed by atoms with Crippen molar-refractivity contribution in [2.75, 3.05) is 0 Å². The lowest BCUT2D eigenvalue weighted by Crippen LogP contribution is -2.38. The number of hydrogen-bond donors (Lipinski definition) is 0. The molecule has 0 N–H and O–H groups in total. The molecule has 1 spiro atoms. The summed E-state index contributed by atoms with van der Waals surface area (Å²) >= 11 is 0. The Bertz CT molecular complexity index is 240. The van der Waals surface area contributed by atoms with Gasteiger partial charge in [-0.25, -0.2) is 0 Å². The second-order valence-corrected chi connectivity index (χ2v) is 4.48. The molecule has 2 heteroatoms.